The van der Waals surface area contributed by atoms with Crippen LogP contribution in [0.5, 0.6) is 0 Å². The number of rotatable bonds is 4. The zero-order chi connectivity index (χ0) is 11.3. The first kappa shape index (κ1) is 14.9. The van der Waals surface area contributed by atoms with Gasteiger partial charge in [0, 0.05) is 6.04 Å². The highest BCUT2D eigenvalue weighted by Crippen LogP contribution is 2.19. The van der Waals surface area contributed by atoms with Gasteiger partial charge in [-0.1, -0.05) is 25.8 Å². The Balaban J connectivity index is 0.00000225. The third-order valence-electron chi connectivity index (χ3n) is 2.41. The van der Waals surface area contributed by atoms with E-state index < -0.39 is 5.82 Å². The minimum atomic E-state index is -0.482. The largest absolute Gasteiger partial charge is 0.324 e. The summed E-state index contributed by atoms with van der Waals surface area (Å²) in [5, 5.41) is 8.67. The maximum atomic E-state index is 13.0. The number of unbranched alkanes of at least 4 members (excludes halogenated alkanes) is 1. The maximum absolute atomic E-state index is 13.0. The average Bonchev–Trinajstić information content (AvgIpc) is 2.26. The highest BCUT2D eigenvalue weighted by atomic mass is 35.5. The molecule has 1 aromatic carbocycles. The smallest absolute Gasteiger partial charge is 0.140 e. The lowest BCUT2D eigenvalue weighted by Gasteiger charge is -2.11. The van der Waals surface area contributed by atoms with Crippen molar-refractivity contribution in [3.8, 4) is 6.07 Å². The van der Waals surface area contributed by atoms with Gasteiger partial charge in [0.25, 0.3) is 0 Å². The third-order valence-corrected chi connectivity index (χ3v) is 2.41. The summed E-state index contributed by atoms with van der Waals surface area (Å²) in [7, 11) is 0. The van der Waals surface area contributed by atoms with Gasteiger partial charge in [-0.15, -0.1) is 12.4 Å². The second-order valence-corrected chi connectivity index (χ2v) is 3.60. The fraction of sp³-hybridized carbons (Fsp3) is 0.417. The van der Waals surface area contributed by atoms with E-state index in [-0.39, 0.29) is 24.0 Å². The normalized spacial score (nSPS) is 11.4. The number of nitriles is 1. The minimum absolute atomic E-state index is 0. The van der Waals surface area contributed by atoms with Gasteiger partial charge in [0.05, 0.1) is 5.56 Å². The summed E-state index contributed by atoms with van der Waals surface area (Å²) < 4.78 is 13.0. The zero-order valence-electron chi connectivity index (χ0n) is 9.24. The molecular weight excluding hydrogens is 227 g/mol. The van der Waals surface area contributed by atoms with Gasteiger partial charge < -0.3 is 5.73 Å². The SMILES string of the molecule is CCCC[C@H](N)c1ccc(F)c(C#N)c1.Cl. The summed E-state index contributed by atoms with van der Waals surface area (Å²) in [4.78, 5) is 0. The van der Waals surface area contributed by atoms with E-state index in [9.17, 15) is 4.39 Å². The molecule has 1 rings (SSSR count). The Morgan fingerprint density at radius 3 is 2.75 bits per heavy atom. The Morgan fingerprint density at radius 2 is 2.19 bits per heavy atom. The molecule has 4 heteroatoms. The average molecular weight is 243 g/mol. The second-order valence-electron chi connectivity index (χ2n) is 3.60. The minimum Gasteiger partial charge on any atom is -0.324 e. The van der Waals surface area contributed by atoms with Gasteiger partial charge in [-0.05, 0) is 24.1 Å². The lowest BCUT2D eigenvalue weighted by Crippen LogP contribution is -2.10. The van der Waals surface area contributed by atoms with Crippen molar-refractivity contribution in [2.75, 3.05) is 0 Å². The first-order valence-corrected chi connectivity index (χ1v) is 5.14. The van der Waals surface area contributed by atoms with Crippen molar-refractivity contribution in [3.63, 3.8) is 0 Å². The van der Waals surface area contributed by atoms with Gasteiger partial charge >= 0.3 is 0 Å². The van der Waals surface area contributed by atoms with E-state index in [1.165, 1.54) is 12.1 Å². The second kappa shape index (κ2) is 7.21. The maximum Gasteiger partial charge on any atom is 0.140 e. The van der Waals surface area contributed by atoms with Gasteiger partial charge in [-0.3, -0.25) is 0 Å². The number of nitrogens with two attached hydrogens (primary N) is 1. The molecule has 0 heterocycles. The summed E-state index contributed by atoms with van der Waals surface area (Å²) in [6.07, 6.45) is 2.99. The van der Waals surface area contributed by atoms with Crippen molar-refractivity contribution in [2.45, 2.75) is 32.2 Å². The zero-order valence-corrected chi connectivity index (χ0v) is 10.1. The lowest BCUT2D eigenvalue weighted by molar-refractivity contribution is 0.595. The molecule has 1 atom stereocenters. The molecule has 0 saturated carbocycles. The molecule has 0 aliphatic carbocycles. The van der Waals surface area contributed by atoms with Crippen LogP contribution < -0.4 is 5.73 Å². The van der Waals surface area contributed by atoms with E-state index in [1.54, 1.807) is 6.07 Å². The van der Waals surface area contributed by atoms with E-state index >= 15 is 0 Å². The molecule has 0 amide bonds. The van der Waals surface area contributed by atoms with Gasteiger partial charge in [-0.25, -0.2) is 4.39 Å². The van der Waals surface area contributed by atoms with Crippen molar-refractivity contribution in [3.05, 3.63) is 35.1 Å². The molecule has 0 saturated heterocycles. The van der Waals surface area contributed by atoms with Gasteiger partial charge in [-0.2, -0.15) is 5.26 Å². The predicted molar refractivity (Wildman–Crippen MR) is 64.8 cm³/mol. The number of halogens is 2. The lowest BCUT2D eigenvalue weighted by atomic mass is 10.00. The van der Waals surface area contributed by atoms with E-state index in [0.717, 1.165) is 24.8 Å². The van der Waals surface area contributed by atoms with E-state index in [4.69, 9.17) is 11.0 Å². The van der Waals surface area contributed by atoms with Crippen LogP contribution in [0.3, 0.4) is 0 Å². The molecule has 2 nitrogen and oxygen atoms in total. The summed E-state index contributed by atoms with van der Waals surface area (Å²) in [5.41, 5.74) is 6.83. The summed E-state index contributed by atoms with van der Waals surface area (Å²) in [6.45, 7) is 2.10. The molecule has 0 aliphatic heterocycles. The molecule has 2 N–H and O–H groups in total. The molecule has 0 fully saturated rings. The van der Waals surface area contributed by atoms with Crippen LogP contribution in [0.4, 0.5) is 4.39 Å². The molecule has 0 spiro atoms. The predicted octanol–water partition coefficient (Wildman–Crippen LogP) is 3.31. The fourth-order valence-electron chi connectivity index (χ4n) is 1.45. The molecule has 88 valence electrons. The molecule has 0 aromatic heterocycles. The van der Waals surface area contributed by atoms with Crippen molar-refractivity contribution in [2.24, 2.45) is 5.73 Å². The number of nitrogens with zero attached hydrogens (tertiary/aromatic N) is 1. The standard InChI is InChI=1S/C12H15FN2.ClH/c1-2-3-4-12(15)9-5-6-11(13)10(7-9)8-14;/h5-7,12H,2-4,15H2,1H3;1H/t12-;/m0./s1. The monoisotopic (exact) mass is 242 g/mol. The summed E-state index contributed by atoms with van der Waals surface area (Å²) in [5.74, 6) is -0.482. The van der Waals surface area contributed by atoms with Crippen molar-refractivity contribution in [1.29, 1.82) is 5.26 Å². The molecule has 16 heavy (non-hydrogen) atoms. The highest BCUT2D eigenvalue weighted by molar-refractivity contribution is 5.85. The Kier molecular flexibility index (Phi) is 6.71. The first-order chi connectivity index (χ1) is 7.19. The number of benzene rings is 1. The first-order valence-electron chi connectivity index (χ1n) is 5.14. The highest BCUT2D eigenvalue weighted by Gasteiger charge is 2.08. The molecule has 1 aromatic rings. The van der Waals surface area contributed by atoms with Crippen molar-refractivity contribution in [1.82, 2.24) is 0 Å². The summed E-state index contributed by atoms with van der Waals surface area (Å²) in [6, 6.07) is 6.21. The van der Waals surface area contributed by atoms with Crippen LogP contribution in [0.2, 0.25) is 0 Å². The summed E-state index contributed by atoms with van der Waals surface area (Å²) >= 11 is 0. The molecule has 0 radical (unpaired) electrons. The molecule has 0 unspecified atom stereocenters. The fourth-order valence-corrected chi connectivity index (χ4v) is 1.45. The Bertz CT molecular complexity index is 374. The topological polar surface area (TPSA) is 49.8 Å². The van der Waals surface area contributed by atoms with Crippen LogP contribution >= 0.6 is 12.4 Å². The van der Waals surface area contributed by atoms with Crippen LogP contribution in [-0.4, -0.2) is 0 Å². The molecule has 0 aliphatic rings. The van der Waals surface area contributed by atoms with E-state index in [1.807, 2.05) is 6.07 Å². The van der Waals surface area contributed by atoms with Crippen LogP contribution in [0.25, 0.3) is 0 Å². The van der Waals surface area contributed by atoms with Gasteiger partial charge in [0.2, 0.25) is 0 Å². The van der Waals surface area contributed by atoms with Gasteiger partial charge in [0.1, 0.15) is 11.9 Å². The van der Waals surface area contributed by atoms with Crippen LogP contribution in [0.1, 0.15) is 43.4 Å². The Hall–Kier alpha value is -1.11. The van der Waals surface area contributed by atoms with Gasteiger partial charge in [0.15, 0.2) is 0 Å². The van der Waals surface area contributed by atoms with Crippen molar-refractivity contribution >= 4 is 12.4 Å². The molecular formula is C12H16ClFN2. The van der Waals surface area contributed by atoms with Crippen molar-refractivity contribution < 1.29 is 4.39 Å². The van der Waals surface area contributed by atoms with Crippen LogP contribution in [0.15, 0.2) is 18.2 Å². The quantitative estimate of drug-likeness (QED) is 0.881. The third kappa shape index (κ3) is 3.80. The number of hydrogen-bond donors (Lipinski definition) is 1. The Morgan fingerprint density at radius 1 is 1.50 bits per heavy atom. The van der Waals surface area contributed by atoms with E-state index in [0.29, 0.717) is 0 Å². The van der Waals surface area contributed by atoms with Crippen LogP contribution in [0, 0.1) is 17.1 Å². The Labute approximate surface area is 102 Å². The molecule has 0 bridgehead atoms. The van der Waals surface area contributed by atoms with E-state index in [2.05, 4.69) is 6.92 Å². The van der Waals surface area contributed by atoms with Crippen LogP contribution in [-0.2, 0) is 0 Å². The number of hydrogen-bond acceptors (Lipinski definition) is 2.